The SMILES string of the molecule is CC(C)(C(=O)O)[C@H]1CCCCN1. The predicted molar refractivity (Wildman–Crippen MR) is 47.1 cm³/mol. The molecule has 0 aromatic rings. The third kappa shape index (κ3) is 1.78. The average molecular weight is 171 g/mol. The molecule has 0 spiro atoms. The maximum Gasteiger partial charge on any atom is 0.310 e. The minimum atomic E-state index is -0.707. The normalized spacial score (nSPS) is 25.3. The first-order valence-electron chi connectivity index (χ1n) is 4.52. The van der Waals surface area contributed by atoms with Crippen LogP contribution in [-0.2, 0) is 4.79 Å². The van der Waals surface area contributed by atoms with Crippen LogP contribution in [0.1, 0.15) is 33.1 Å². The molecule has 0 aliphatic carbocycles. The van der Waals surface area contributed by atoms with Gasteiger partial charge in [0.25, 0.3) is 0 Å². The summed E-state index contributed by atoms with van der Waals surface area (Å²) < 4.78 is 0. The van der Waals surface area contributed by atoms with Crippen LogP contribution >= 0.6 is 0 Å². The molecular weight excluding hydrogens is 154 g/mol. The van der Waals surface area contributed by atoms with Gasteiger partial charge in [-0.1, -0.05) is 6.42 Å². The molecule has 70 valence electrons. The molecule has 2 N–H and O–H groups in total. The Hall–Kier alpha value is -0.570. The highest BCUT2D eigenvalue weighted by molar-refractivity contribution is 5.74. The highest BCUT2D eigenvalue weighted by Gasteiger charge is 2.36. The molecule has 1 aliphatic rings. The summed E-state index contributed by atoms with van der Waals surface area (Å²) in [5.74, 6) is -0.707. The third-order valence-electron chi connectivity index (χ3n) is 2.73. The largest absolute Gasteiger partial charge is 0.481 e. The monoisotopic (exact) mass is 171 g/mol. The molecule has 0 aromatic heterocycles. The molecule has 1 atom stereocenters. The Bertz CT molecular complexity index is 171. The maximum absolute atomic E-state index is 10.9. The van der Waals surface area contributed by atoms with E-state index in [2.05, 4.69) is 5.32 Å². The van der Waals surface area contributed by atoms with Crippen molar-refractivity contribution in [3.63, 3.8) is 0 Å². The number of nitrogens with one attached hydrogen (secondary N) is 1. The van der Waals surface area contributed by atoms with E-state index in [0.717, 1.165) is 19.4 Å². The van der Waals surface area contributed by atoms with Crippen LogP contribution in [0.15, 0.2) is 0 Å². The number of carboxylic acid groups (broad SMARTS) is 1. The number of piperidine rings is 1. The summed E-state index contributed by atoms with van der Waals surface area (Å²) in [5, 5.41) is 12.2. The van der Waals surface area contributed by atoms with Crippen molar-refractivity contribution in [3.8, 4) is 0 Å². The van der Waals surface area contributed by atoms with Gasteiger partial charge in [0.15, 0.2) is 0 Å². The lowest BCUT2D eigenvalue weighted by Gasteiger charge is -2.34. The molecule has 1 rings (SSSR count). The summed E-state index contributed by atoms with van der Waals surface area (Å²) in [7, 11) is 0. The lowest BCUT2D eigenvalue weighted by molar-refractivity contribution is -0.149. The Morgan fingerprint density at radius 2 is 2.17 bits per heavy atom. The molecule has 12 heavy (non-hydrogen) atoms. The van der Waals surface area contributed by atoms with Crippen molar-refractivity contribution in [2.75, 3.05) is 6.54 Å². The Morgan fingerprint density at radius 3 is 2.58 bits per heavy atom. The first kappa shape index (κ1) is 9.52. The molecule has 0 unspecified atom stereocenters. The van der Waals surface area contributed by atoms with Gasteiger partial charge in [0.05, 0.1) is 5.41 Å². The quantitative estimate of drug-likeness (QED) is 0.657. The number of hydrogen-bond donors (Lipinski definition) is 2. The second kappa shape index (κ2) is 3.44. The van der Waals surface area contributed by atoms with Crippen molar-refractivity contribution in [3.05, 3.63) is 0 Å². The molecule has 0 bridgehead atoms. The molecule has 1 saturated heterocycles. The molecule has 0 amide bonds. The molecule has 1 heterocycles. The number of hydrogen-bond acceptors (Lipinski definition) is 2. The zero-order valence-corrected chi connectivity index (χ0v) is 7.76. The third-order valence-corrected chi connectivity index (χ3v) is 2.73. The van der Waals surface area contributed by atoms with Gasteiger partial charge >= 0.3 is 5.97 Å². The summed E-state index contributed by atoms with van der Waals surface area (Å²) in [5.41, 5.74) is -0.625. The van der Waals surface area contributed by atoms with Crippen LogP contribution in [0.4, 0.5) is 0 Å². The van der Waals surface area contributed by atoms with Crippen LogP contribution in [0.25, 0.3) is 0 Å². The molecular formula is C9H17NO2. The van der Waals surface area contributed by atoms with Crippen LogP contribution in [0.2, 0.25) is 0 Å². The highest BCUT2D eigenvalue weighted by Crippen LogP contribution is 2.26. The minimum absolute atomic E-state index is 0.142. The molecule has 0 saturated carbocycles. The molecule has 3 nitrogen and oxygen atoms in total. The van der Waals surface area contributed by atoms with E-state index in [1.54, 1.807) is 13.8 Å². The van der Waals surface area contributed by atoms with Gasteiger partial charge < -0.3 is 10.4 Å². The average Bonchev–Trinajstić information content (AvgIpc) is 2.06. The number of aliphatic carboxylic acids is 1. The summed E-state index contributed by atoms with van der Waals surface area (Å²) in [4.78, 5) is 10.9. The van der Waals surface area contributed by atoms with Gasteiger partial charge in [-0.3, -0.25) is 4.79 Å². The summed E-state index contributed by atoms with van der Waals surface area (Å²) in [6.45, 7) is 4.54. The zero-order chi connectivity index (χ0) is 9.19. The lowest BCUT2D eigenvalue weighted by atomic mass is 9.80. The highest BCUT2D eigenvalue weighted by atomic mass is 16.4. The first-order valence-corrected chi connectivity index (χ1v) is 4.52. The zero-order valence-electron chi connectivity index (χ0n) is 7.76. The topological polar surface area (TPSA) is 49.3 Å². The Balaban J connectivity index is 2.59. The van der Waals surface area contributed by atoms with Gasteiger partial charge in [-0.05, 0) is 33.2 Å². The van der Waals surface area contributed by atoms with E-state index < -0.39 is 11.4 Å². The van der Waals surface area contributed by atoms with Crippen LogP contribution in [-0.4, -0.2) is 23.7 Å². The van der Waals surface area contributed by atoms with Gasteiger partial charge in [0, 0.05) is 6.04 Å². The van der Waals surface area contributed by atoms with Gasteiger partial charge in [-0.25, -0.2) is 0 Å². The van der Waals surface area contributed by atoms with Crippen LogP contribution in [0.5, 0.6) is 0 Å². The van der Waals surface area contributed by atoms with Crippen molar-refractivity contribution in [1.29, 1.82) is 0 Å². The Morgan fingerprint density at radius 1 is 1.50 bits per heavy atom. The summed E-state index contributed by atoms with van der Waals surface area (Å²) >= 11 is 0. The van der Waals surface area contributed by atoms with E-state index in [-0.39, 0.29) is 6.04 Å². The van der Waals surface area contributed by atoms with Gasteiger partial charge in [-0.15, -0.1) is 0 Å². The smallest absolute Gasteiger partial charge is 0.310 e. The molecule has 1 fully saturated rings. The van der Waals surface area contributed by atoms with Crippen molar-refractivity contribution < 1.29 is 9.90 Å². The Kier molecular flexibility index (Phi) is 2.73. The first-order chi connectivity index (χ1) is 5.55. The van der Waals surface area contributed by atoms with Gasteiger partial charge in [0.1, 0.15) is 0 Å². The second-order valence-corrected chi connectivity index (χ2v) is 4.03. The van der Waals surface area contributed by atoms with E-state index in [1.807, 2.05) is 0 Å². The molecule has 0 radical (unpaired) electrons. The van der Waals surface area contributed by atoms with Crippen LogP contribution in [0.3, 0.4) is 0 Å². The van der Waals surface area contributed by atoms with Crippen molar-refractivity contribution in [1.82, 2.24) is 5.32 Å². The standard InChI is InChI=1S/C9H17NO2/c1-9(2,8(11)12)7-5-3-4-6-10-7/h7,10H,3-6H2,1-2H3,(H,11,12)/t7-/m1/s1. The van der Waals surface area contributed by atoms with E-state index in [4.69, 9.17) is 5.11 Å². The number of carboxylic acids is 1. The summed E-state index contributed by atoms with van der Waals surface area (Å²) in [6, 6.07) is 0.142. The molecule has 1 aliphatic heterocycles. The fourth-order valence-corrected chi connectivity index (χ4v) is 1.62. The van der Waals surface area contributed by atoms with Gasteiger partial charge in [-0.2, -0.15) is 0 Å². The van der Waals surface area contributed by atoms with Crippen molar-refractivity contribution >= 4 is 5.97 Å². The number of rotatable bonds is 2. The van der Waals surface area contributed by atoms with Crippen molar-refractivity contribution in [2.24, 2.45) is 5.41 Å². The maximum atomic E-state index is 10.9. The minimum Gasteiger partial charge on any atom is -0.481 e. The van der Waals surface area contributed by atoms with E-state index in [9.17, 15) is 4.79 Å². The van der Waals surface area contributed by atoms with E-state index in [0.29, 0.717) is 0 Å². The number of carbonyl (C=O) groups is 1. The summed E-state index contributed by atoms with van der Waals surface area (Å²) in [6.07, 6.45) is 3.31. The van der Waals surface area contributed by atoms with Crippen LogP contribution < -0.4 is 5.32 Å². The lowest BCUT2D eigenvalue weighted by Crippen LogP contribution is -2.48. The van der Waals surface area contributed by atoms with Gasteiger partial charge in [0.2, 0.25) is 0 Å². The fourth-order valence-electron chi connectivity index (χ4n) is 1.62. The van der Waals surface area contributed by atoms with Crippen molar-refractivity contribution in [2.45, 2.75) is 39.2 Å². The predicted octanol–water partition coefficient (Wildman–Crippen LogP) is 1.24. The second-order valence-electron chi connectivity index (χ2n) is 4.03. The van der Waals surface area contributed by atoms with E-state index in [1.165, 1.54) is 6.42 Å². The fraction of sp³-hybridized carbons (Fsp3) is 0.889. The molecule has 3 heteroatoms. The molecule has 0 aromatic carbocycles. The van der Waals surface area contributed by atoms with E-state index >= 15 is 0 Å². The van der Waals surface area contributed by atoms with Crippen LogP contribution in [0, 0.1) is 5.41 Å². The Labute approximate surface area is 73.2 Å².